The van der Waals surface area contributed by atoms with E-state index in [9.17, 15) is 13.6 Å². The monoisotopic (exact) mass is 647 g/mol. The number of amides is 2. The van der Waals surface area contributed by atoms with E-state index in [0.29, 0.717) is 60.7 Å². The van der Waals surface area contributed by atoms with Gasteiger partial charge in [0.25, 0.3) is 0 Å². The molecule has 12 nitrogen and oxygen atoms in total. The lowest BCUT2D eigenvalue weighted by Crippen LogP contribution is -2.50. The number of fused-ring (bicyclic) bond motifs is 4. The highest BCUT2D eigenvalue weighted by molar-refractivity contribution is 6.00. The Labute approximate surface area is 272 Å². The predicted octanol–water partition coefficient (Wildman–Crippen LogP) is 3.57. The molecule has 6 atom stereocenters. The Morgan fingerprint density at radius 1 is 0.723 bits per heavy atom. The molecule has 4 bridgehead atoms. The number of carbonyl (C=O) groups excluding carboxylic acids is 1. The summed E-state index contributed by atoms with van der Waals surface area (Å²) in [5, 5.41) is 5.78. The number of rotatable bonds is 6. The second-order valence-corrected chi connectivity index (χ2v) is 13.1. The molecule has 3 aromatic rings. The van der Waals surface area contributed by atoms with Crippen LogP contribution in [-0.2, 0) is 9.47 Å². The average Bonchev–Trinajstić information content (AvgIpc) is 3.39. The molecule has 5 fully saturated rings. The zero-order valence-corrected chi connectivity index (χ0v) is 26.3. The number of morpholine rings is 2. The summed E-state index contributed by atoms with van der Waals surface area (Å²) >= 11 is 0. The fraction of sp³-hybridized carbons (Fsp3) is 0.515. The number of hydrogen-bond acceptors (Lipinski definition) is 10. The van der Waals surface area contributed by atoms with Crippen LogP contribution in [0.15, 0.2) is 48.5 Å². The van der Waals surface area contributed by atoms with Gasteiger partial charge in [-0.25, -0.2) is 13.6 Å². The molecule has 5 aliphatic heterocycles. The molecule has 8 rings (SSSR count). The first-order chi connectivity index (χ1) is 22.9. The van der Waals surface area contributed by atoms with E-state index in [0.717, 1.165) is 31.9 Å². The summed E-state index contributed by atoms with van der Waals surface area (Å²) in [4.78, 5) is 35.7. The van der Waals surface area contributed by atoms with E-state index in [1.807, 2.05) is 46.2 Å². The van der Waals surface area contributed by atoms with E-state index >= 15 is 0 Å². The van der Waals surface area contributed by atoms with Gasteiger partial charge in [-0.2, -0.15) is 15.0 Å². The molecular weight excluding hydrogens is 608 g/mol. The number of aromatic nitrogens is 3. The van der Waals surface area contributed by atoms with Crippen molar-refractivity contribution in [1.82, 2.24) is 19.9 Å². The van der Waals surface area contributed by atoms with Crippen molar-refractivity contribution in [2.75, 3.05) is 85.0 Å². The molecular formula is C33H39F2N9O3. The number of halogens is 2. The highest BCUT2D eigenvalue weighted by Gasteiger charge is 2.49. The molecule has 248 valence electrons. The summed E-state index contributed by atoms with van der Waals surface area (Å²) in [6, 6.07) is 13.4. The van der Waals surface area contributed by atoms with Gasteiger partial charge in [-0.1, -0.05) is 0 Å². The lowest BCUT2D eigenvalue weighted by atomic mass is 10.2. The number of urea groups is 1. The van der Waals surface area contributed by atoms with Crippen molar-refractivity contribution in [3.05, 3.63) is 48.5 Å². The van der Waals surface area contributed by atoms with Crippen molar-refractivity contribution in [3.8, 4) is 11.4 Å². The van der Waals surface area contributed by atoms with Crippen molar-refractivity contribution in [2.24, 2.45) is 0 Å². The van der Waals surface area contributed by atoms with Crippen LogP contribution >= 0.6 is 0 Å². The van der Waals surface area contributed by atoms with Crippen LogP contribution in [0.3, 0.4) is 0 Å². The third-order valence-corrected chi connectivity index (χ3v) is 10.00. The van der Waals surface area contributed by atoms with E-state index in [1.165, 1.54) is 0 Å². The third kappa shape index (κ3) is 5.93. The van der Waals surface area contributed by atoms with Gasteiger partial charge in [-0.3, -0.25) is 0 Å². The molecule has 2 amide bonds. The van der Waals surface area contributed by atoms with E-state index < -0.39 is 24.4 Å². The minimum Gasteiger partial charge on any atom is -0.377 e. The fourth-order valence-corrected chi connectivity index (χ4v) is 7.42. The molecule has 0 aliphatic carbocycles. The molecule has 14 heteroatoms. The molecule has 0 radical (unpaired) electrons. The molecule has 1 aromatic heterocycles. The van der Waals surface area contributed by atoms with Gasteiger partial charge in [0.15, 0.2) is 5.82 Å². The van der Waals surface area contributed by atoms with Crippen molar-refractivity contribution in [1.29, 1.82) is 0 Å². The number of piperazine rings is 1. The SMILES string of the molecule is CN1CCN(c2ccc(NC(=O)Nc3ccc(-c4nc(N5[C@@H]6COC[C@H]5[C@H](F)C6)nc(N5[C@@H]6COC[C@H]5[C@@H](F)C6)n4)cc3)cc2)CC1. The summed E-state index contributed by atoms with van der Waals surface area (Å²) in [5.41, 5.74) is 3.12. The molecule has 5 saturated heterocycles. The van der Waals surface area contributed by atoms with Gasteiger partial charge in [-0.15, -0.1) is 0 Å². The second kappa shape index (κ2) is 12.5. The van der Waals surface area contributed by atoms with E-state index in [4.69, 9.17) is 24.4 Å². The molecule has 5 aliphatic rings. The Morgan fingerprint density at radius 2 is 1.23 bits per heavy atom. The number of alkyl halides is 2. The Morgan fingerprint density at radius 3 is 1.74 bits per heavy atom. The van der Waals surface area contributed by atoms with Crippen LogP contribution in [0.25, 0.3) is 11.4 Å². The maximum atomic E-state index is 15.0. The highest BCUT2D eigenvalue weighted by atomic mass is 19.1. The molecule has 2 N–H and O–H groups in total. The first kappa shape index (κ1) is 30.2. The number of hydrogen-bond donors (Lipinski definition) is 2. The zero-order valence-electron chi connectivity index (χ0n) is 26.3. The predicted molar refractivity (Wildman–Crippen MR) is 175 cm³/mol. The summed E-state index contributed by atoms with van der Waals surface area (Å²) in [7, 11) is 2.13. The van der Waals surface area contributed by atoms with Crippen molar-refractivity contribution >= 4 is 35.0 Å². The molecule has 6 heterocycles. The van der Waals surface area contributed by atoms with E-state index in [2.05, 4.69) is 27.5 Å². The molecule has 0 saturated carbocycles. The van der Waals surface area contributed by atoms with Gasteiger partial charge in [0.05, 0.1) is 50.6 Å². The van der Waals surface area contributed by atoms with Crippen LogP contribution in [0, 0.1) is 0 Å². The van der Waals surface area contributed by atoms with Crippen molar-refractivity contribution in [2.45, 2.75) is 49.4 Å². The van der Waals surface area contributed by atoms with Crippen LogP contribution in [0.2, 0.25) is 0 Å². The topological polar surface area (TPSA) is 111 Å². The third-order valence-electron chi connectivity index (χ3n) is 10.00. The van der Waals surface area contributed by atoms with Crippen LogP contribution in [0.1, 0.15) is 12.8 Å². The van der Waals surface area contributed by atoms with Gasteiger partial charge < -0.3 is 39.7 Å². The first-order valence-electron chi connectivity index (χ1n) is 16.4. The molecule has 0 spiro atoms. The quantitative estimate of drug-likeness (QED) is 0.412. The number of nitrogens with zero attached hydrogens (tertiary/aromatic N) is 7. The van der Waals surface area contributed by atoms with Crippen LogP contribution < -0.4 is 25.3 Å². The number of carbonyl (C=O) groups is 1. The Bertz CT molecular complexity index is 1540. The maximum absolute atomic E-state index is 15.0. The normalized spacial score (nSPS) is 28.9. The zero-order chi connectivity index (χ0) is 32.1. The second-order valence-electron chi connectivity index (χ2n) is 13.1. The Kier molecular flexibility index (Phi) is 8.02. The summed E-state index contributed by atoms with van der Waals surface area (Å²) in [6.45, 7) is 5.31. The molecule has 2 aromatic carbocycles. The van der Waals surface area contributed by atoms with Gasteiger partial charge in [0, 0.05) is 61.6 Å². The van der Waals surface area contributed by atoms with Gasteiger partial charge in [0.1, 0.15) is 12.3 Å². The Balaban J connectivity index is 0.999. The lowest BCUT2D eigenvalue weighted by Gasteiger charge is -2.37. The summed E-state index contributed by atoms with van der Waals surface area (Å²) in [5.74, 6) is 1.12. The smallest absolute Gasteiger partial charge is 0.323 e. The van der Waals surface area contributed by atoms with Crippen LogP contribution in [0.5, 0.6) is 0 Å². The van der Waals surface area contributed by atoms with Gasteiger partial charge in [-0.05, 0) is 55.6 Å². The van der Waals surface area contributed by atoms with Gasteiger partial charge >= 0.3 is 6.03 Å². The molecule has 0 unspecified atom stereocenters. The first-order valence-corrected chi connectivity index (χ1v) is 16.4. The minimum atomic E-state index is -1.05. The number of anilines is 5. The minimum absolute atomic E-state index is 0.185. The number of nitrogens with one attached hydrogen (secondary N) is 2. The summed E-state index contributed by atoms with van der Waals surface area (Å²) in [6.07, 6.45) is -1.40. The number of benzene rings is 2. The van der Waals surface area contributed by atoms with Gasteiger partial charge in [0.2, 0.25) is 11.9 Å². The maximum Gasteiger partial charge on any atom is 0.323 e. The van der Waals surface area contributed by atoms with Crippen molar-refractivity contribution in [3.63, 3.8) is 0 Å². The van der Waals surface area contributed by atoms with E-state index in [-0.39, 0.29) is 31.3 Å². The highest BCUT2D eigenvalue weighted by Crippen LogP contribution is 2.38. The standard InChI is InChI=1S/C33H39F2N9O3/c1-41-10-12-42(13-11-41)23-8-6-22(7-9-23)37-33(45)36-21-4-2-20(3-5-21)30-38-31(43-24-14-26(34)28(43)18-46-16-24)40-32(39-30)44-25-15-27(35)29(44)19-47-17-25/h2-9,24-29H,10-19H2,1H3,(H2,36,37,45)/t24-,25-,26-,27+,28-,29-/m0/s1. The molecule has 47 heavy (non-hydrogen) atoms. The van der Waals surface area contributed by atoms with Crippen LogP contribution in [0.4, 0.5) is 42.5 Å². The Hall–Kier alpha value is -4.14. The fourth-order valence-electron chi connectivity index (χ4n) is 7.42. The number of likely N-dealkylation sites (N-methyl/N-ethyl adjacent to an activating group) is 1. The van der Waals surface area contributed by atoms with Crippen LogP contribution in [-0.4, -0.2) is 122 Å². The average molecular weight is 648 g/mol. The van der Waals surface area contributed by atoms with Crippen molar-refractivity contribution < 1.29 is 23.0 Å². The number of ether oxygens (including phenoxy) is 2. The lowest BCUT2D eigenvalue weighted by molar-refractivity contribution is 0.0810. The van der Waals surface area contributed by atoms with E-state index in [1.54, 1.807) is 12.1 Å². The largest absolute Gasteiger partial charge is 0.377 e. The summed E-state index contributed by atoms with van der Waals surface area (Å²) < 4.78 is 41.2.